The molecule has 1 fully saturated rings. The van der Waals surface area contributed by atoms with Crippen molar-refractivity contribution < 1.29 is 33.7 Å². The van der Waals surface area contributed by atoms with Gasteiger partial charge in [-0.3, -0.25) is 18.7 Å². The van der Waals surface area contributed by atoms with Crippen molar-refractivity contribution in [1.29, 1.82) is 0 Å². The molecule has 1 saturated heterocycles. The Balaban J connectivity index is 2.21. The lowest BCUT2D eigenvalue weighted by molar-refractivity contribution is -0.0549. The summed E-state index contributed by atoms with van der Waals surface area (Å²) in [6, 6.07) is 1.32. The number of rotatable bonds is 8. The van der Waals surface area contributed by atoms with Crippen molar-refractivity contribution >= 4 is 13.6 Å². The Morgan fingerprint density at radius 2 is 1.96 bits per heavy atom. The molecule has 11 nitrogen and oxygen atoms in total. The van der Waals surface area contributed by atoms with Crippen LogP contribution in [0.5, 0.6) is 0 Å². The second-order valence-electron chi connectivity index (χ2n) is 5.18. The second-order valence-corrected chi connectivity index (χ2v) is 6.91. The van der Waals surface area contributed by atoms with Crippen LogP contribution in [-0.4, -0.2) is 63.0 Å². The van der Waals surface area contributed by atoms with Crippen molar-refractivity contribution in [2.24, 2.45) is 0 Å². The topological polar surface area (TPSA) is 152 Å². The molecule has 0 saturated carbocycles. The fourth-order valence-electron chi connectivity index (χ4n) is 2.36. The highest BCUT2D eigenvalue weighted by Gasteiger charge is 2.43. The quantitative estimate of drug-likeness (QED) is 0.433. The van der Waals surface area contributed by atoms with E-state index in [9.17, 15) is 19.6 Å². The molecule has 2 rings (SSSR count). The summed E-state index contributed by atoms with van der Waals surface area (Å²) in [4.78, 5) is 15.9. The average Bonchev–Trinajstić information content (AvgIpc) is 2.83. The fraction of sp³-hybridized carbons (Fsp3) is 0.692. The molecule has 1 aliphatic rings. The Bertz CT molecular complexity index is 673. The summed E-state index contributed by atoms with van der Waals surface area (Å²) in [5.74, 6) is -0.0433. The molecule has 12 heteroatoms. The predicted molar refractivity (Wildman–Crippen MR) is 86.0 cm³/mol. The summed E-state index contributed by atoms with van der Waals surface area (Å²) in [5, 5.41) is 31.3. The van der Waals surface area contributed by atoms with Crippen LogP contribution in [-0.2, 0) is 18.3 Å². The zero-order valence-corrected chi connectivity index (χ0v) is 14.7. The summed E-state index contributed by atoms with van der Waals surface area (Å²) >= 11 is 0. The van der Waals surface area contributed by atoms with Gasteiger partial charge in [0.15, 0.2) is 6.23 Å². The van der Waals surface area contributed by atoms with Crippen LogP contribution in [0.25, 0.3) is 0 Å². The molecule has 1 aromatic heterocycles. The van der Waals surface area contributed by atoms with Crippen LogP contribution in [0, 0.1) is 0 Å². The third-order valence-corrected chi connectivity index (χ3v) is 5.17. The molecule has 4 atom stereocenters. The van der Waals surface area contributed by atoms with Crippen LogP contribution in [0.1, 0.15) is 20.1 Å². The minimum Gasteiger partial charge on any atom is -0.394 e. The summed E-state index contributed by atoms with van der Waals surface area (Å²) in [5.41, 5.74) is -0.820. The van der Waals surface area contributed by atoms with Gasteiger partial charge in [0.25, 0.3) is 0 Å². The maximum Gasteiger partial charge on any atom is 0.433 e. The van der Waals surface area contributed by atoms with Crippen molar-refractivity contribution in [1.82, 2.24) is 9.55 Å². The molecule has 0 unspecified atom stereocenters. The molecular weight excluding hydrogens is 357 g/mol. The van der Waals surface area contributed by atoms with Crippen molar-refractivity contribution in [3.63, 3.8) is 0 Å². The first kappa shape index (κ1) is 20.0. The molecule has 0 spiro atoms. The maximum absolute atomic E-state index is 12.4. The molecule has 1 aromatic rings. The normalized spacial score (nSPS) is 26.8. The fourth-order valence-corrected chi connectivity index (χ4v) is 3.65. The first-order valence-electron chi connectivity index (χ1n) is 7.74. The first-order chi connectivity index (χ1) is 11.8. The van der Waals surface area contributed by atoms with E-state index < -0.39 is 44.6 Å². The van der Waals surface area contributed by atoms with E-state index in [1.165, 1.54) is 12.3 Å². The van der Waals surface area contributed by atoms with Crippen LogP contribution in [0.4, 0.5) is 5.82 Å². The van der Waals surface area contributed by atoms with Gasteiger partial charge in [-0.05, 0) is 19.9 Å². The highest BCUT2D eigenvalue weighted by Crippen LogP contribution is 2.47. The van der Waals surface area contributed by atoms with Crippen LogP contribution >= 0.6 is 7.75 Å². The number of nitrogens with zero attached hydrogens (tertiary/aromatic N) is 2. The van der Waals surface area contributed by atoms with E-state index in [-0.39, 0.29) is 19.0 Å². The molecule has 4 N–H and O–H groups in total. The Morgan fingerprint density at radius 3 is 2.44 bits per heavy atom. The number of ether oxygens (including phenoxy) is 1. The highest BCUT2D eigenvalue weighted by atomic mass is 31.2. The number of nitrogens with one attached hydrogen (secondary N) is 1. The highest BCUT2D eigenvalue weighted by molar-refractivity contribution is 7.55. The molecule has 0 aromatic carbocycles. The molecule has 142 valence electrons. The van der Waals surface area contributed by atoms with Crippen molar-refractivity contribution in [3.8, 4) is 0 Å². The summed E-state index contributed by atoms with van der Waals surface area (Å²) in [6.45, 7) is 3.02. The molecule has 25 heavy (non-hydrogen) atoms. The van der Waals surface area contributed by atoms with Gasteiger partial charge in [0.2, 0.25) is 0 Å². The smallest absolute Gasteiger partial charge is 0.394 e. The number of aromatic nitrogens is 2. The maximum atomic E-state index is 12.4. The Hall–Kier alpha value is -1.33. The Labute approximate surface area is 143 Å². The summed E-state index contributed by atoms with van der Waals surface area (Å²) in [7, 11) is -3.65. The van der Waals surface area contributed by atoms with E-state index in [0.29, 0.717) is 0 Å². The van der Waals surface area contributed by atoms with Gasteiger partial charge >= 0.3 is 13.4 Å². The number of aliphatic hydroxyl groups excluding tert-OH is 3. The second kappa shape index (κ2) is 8.37. The van der Waals surface area contributed by atoms with E-state index in [1.54, 1.807) is 13.8 Å². The molecule has 2 heterocycles. The Kier molecular flexibility index (Phi) is 6.69. The van der Waals surface area contributed by atoms with Gasteiger partial charge in [0.1, 0.15) is 24.1 Å². The van der Waals surface area contributed by atoms with Crippen LogP contribution in [0.3, 0.4) is 0 Å². The lowest BCUT2D eigenvalue weighted by Gasteiger charge is -2.19. The van der Waals surface area contributed by atoms with Gasteiger partial charge in [-0.2, -0.15) is 4.98 Å². The molecule has 0 amide bonds. The average molecular weight is 379 g/mol. The van der Waals surface area contributed by atoms with Gasteiger partial charge in [0.05, 0.1) is 19.8 Å². The van der Waals surface area contributed by atoms with Gasteiger partial charge < -0.3 is 20.1 Å². The van der Waals surface area contributed by atoms with Gasteiger partial charge in [-0.25, -0.2) is 9.36 Å². The van der Waals surface area contributed by atoms with Gasteiger partial charge in [-0.15, -0.1) is 0 Å². The lowest BCUT2D eigenvalue weighted by Crippen LogP contribution is -2.36. The minimum absolute atomic E-state index is 0.0433. The predicted octanol–water partition coefficient (Wildman–Crippen LogP) is -0.552. The molecule has 0 radical (unpaired) electrons. The number of hydrogen-bond acceptors (Lipinski definition) is 9. The van der Waals surface area contributed by atoms with Crippen LogP contribution < -0.4 is 10.8 Å². The summed E-state index contributed by atoms with van der Waals surface area (Å²) in [6.07, 6.45) is -3.71. The van der Waals surface area contributed by atoms with Crippen LogP contribution in [0.2, 0.25) is 0 Å². The largest absolute Gasteiger partial charge is 0.433 e. The number of hydrogen-bond donors (Lipinski definition) is 4. The van der Waals surface area contributed by atoms with Crippen molar-refractivity contribution in [3.05, 3.63) is 22.7 Å². The van der Waals surface area contributed by atoms with Crippen molar-refractivity contribution in [2.45, 2.75) is 38.4 Å². The van der Waals surface area contributed by atoms with E-state index in [0.717, 1.165) is 4.57 Å². The molecule has 0 aliphatic carbocycles. The number of anilines is 1. The zero-order valence-electron chi connectivity index (χ0n) is 13.8. The molecular formula is C13H22N3O8P. The van der Waals surface area contributed by atoms with Crippen LogP contribution in [0.15, 0.2) is 17.1 Å². The van der Waals surface area contributed by atoms with E-state index >= 15 is 0 Å². The number of aliphatic hydroxyl groups is 3. The SMILES string of the molecule is CCOP(=O)(Nc1ccn([C@@H]2O[C@H](CO)[C@@H](O)[C@H]2O)c(=O)n1)OCC. The van der Waals surface area contributed by atoms with E-state index in [1.807, 2.05) is 0 Å². The van der Waals surface area contributed by atoms with E-state index in [4.69, 9.17) is 18.9 Å². The van der Waals surface area contributed by atoms with Crippen molar-refractivity contribution in [2.75, 3.05) is 24.9 Å². The standard InChI is InChI=1S/C13H22N3O8P/c1-3-22-25(21,23-4-2)15-9-5-6-16(13(20)14-9)12-11(19)10(18)8(7-17)24-12/h5-6,8,10-12,17-19H,3-4,7H2,1-2H3,(H,14,15,20,21)/t8-,10-,11-,12-/m1/s1. The minimum atomic E-state index is -3.65. The first-order valence-corrected chi connectivity index (χ1v) is 9.28. The third kappa shape index (κ3) is 4.45. The third-order valence-electron chi connectivity index (χ3n) is 3.47. The van der Waals surface area contributed by atoms with E-state index in [2.05, 4.69) is 10.1 Å². The molecule has 0 bridgehead atoms. The molecule has 1 aliphatic heterocycles. The van der Waals surface area contributed by atoms with Gasteiger partial charge in [0, 0.05) is 6.20 Å². The monoisotopic (exact) mass is 379 g/mol. The Morgan fingerprint density at radius 1 is 1.32 bits per heavy atom. The summed E-state index contributed by atoms with van der Waals surface area (Å²) < 4.78 is 28.7. The lowest BCUT2D eigenvalue weighted by atomic mass is 10.1. The zero-order chi connectivity index (χ0) is 18.6. The van der Waals surface area contributed by atoms with Gasteiger partial charge in [-0.1, -0.05) is 0 Å².